The van der Waals surface area contributed by atoms with Crippen molar-refractivity contribution in [1.29, 1.82) is 0 Å². The van der Waals surface area contributed by atoms with Gasteiger partial charge in [-0.15, -0.1) is 5.46 Å². The van der Waals surface area contributed by atoms with Gasteiger partial charge in [-0.2, -0.15) is 5.10 Å². The van der Waals surface area contributed by atoms with Crippen LogP contribution in [0.3, 0.4) is 0 Å². The van der Waals surface area contributed by atoms with Crippen molar-refractivity contribution < 1.29 is 17.7 Å². The second-order valence-corrected chi connectivity index (χ2v) is 4.19. The van der Waals surface area contributed by atoms with E-state index < -0.39 is 12.4 Å². The van der Waals surface area contributed by atoms with E-state index in [1.807, 2.05) is 13.1 Å². The maximum absolute atomic E-state index is 12.6. The largest absolute Gasteiger partial charge is 0.509 e. The maximum Gasteiger partial charge on any atom is 0.509 e. The molecular weight excluding hydrogens is 256 g/mol. The van der Waals surface area contributed by atoms with Gasteiger partial charge in [0.2, 0.25) is 0 Å². The molecule has 102 valence electrons. The monoisotopic (exact) mass is 269 g/mol. The molecule has 1 heterocycles. The van der Waals surface area contributed by atoms with E-state index in [0.29, 0.717) is 13.0 Å². The molecule has 0 aliphatic rings. The standard InChI is InChI=1S/C12H13BF3N2O/c1-18-11(5-7-17-18)6-8-19-12-4-2-3-10(9-12)13(14,15)16/h2-5,7,9H,6,8H2,1H3/q-1. The van der Waals surface area contributed by atoms with Crippen molar-refractivity contribution in [3.05, 3.63) is 42.2 Å². The number of benzene rings is 1. The lowest BCUT2D eigenvalue weighted by atomic mass is 9.80. The first kappa shape index (κ1) is 13.5. The fourth-order valence-electron chi connectivity index (χ4n) is 1.73. The molecule has 19 heavy (non-hydrogen) atoms. The van der Waals surface area contributed by atoms with Gasteiger partial charge >= 0.3 is 6.98 Å². The van der Waals surface area contributed by atoms with Crippen molar-refractivity contribution in [2.45, 2.75) is 6.42 Å². The fraction of sp³-hybridized carbons (Fsp3) is 0.250. The lowest BCUT2D eigenvalue weighted by Gasteiger charge is -2.16. The lowest BCUT2D eigenvalue weighted by Crippen LogP contribution is -2.33. The highest BCUT2D eigenvalue weighted by Gasteiger charge is 2.25. The Bertz CT molecular complexity index is 554. The van der Waals surface area contributed by atoms with Crippen LogP contribution < -0.4 is 10.2 Å². The molecule has 0 aliphatic heterocycles. The Morgan fingerprint density at radius 1 is 1.26 bits per heavy atom. The minimum absolute atomic E-state index is 0.235. The minimum atomic E-state index is -4.98. The molecule has 3 nitrogen and oxygen atoms in total. The zero-order valence-electron chi connectivity index (χ0n) is 10.4. The van der Waals surface area contributed by atoms with Gasteiger partial charge in [0.25, 0.3) is 0 Å². The molecule has 0 bridgehead atoms. The SMILES string of the molecule is Cn1nccc1CCOc1cccc([B-](F)(F)F)c1. The van der Waals surface area contributed by atoms with Crippen molar-refractivity contribution in [3.8, 4) is 5.75 Å². The van der Waals surface area contributed by atoms with Crippen LogP contribution in [0.2, 0.25) is 0 Å². The number of aromatic nitrogens is 2. The molecular formula is C12H13BF3N2O-. The molecule has 2 rings (SSSR count). The molecule has 7 heteroatoms. The Morgan fingerprint density at radius 2 is 2.05 bits per heavy atom. The van der Waals surface area contributed by atoms with Crippen molar-refractivity contribution >= 4 is 12.4 Å². The van der Waals surface area contributed by atoms with Crippen molar-refractivity contribution in [2.24, 2.45) is 7.05 Å². The van der Waals surface area contributed by atoms with E-state index in [4.69, 9.17) is 4.74 Å². The van der Waals surface area contributed by atoms with E-state index in [9.17, 15) is 12.9 Å². The summed E-state index contributed by atoms with van der Waals surface area (Å²) in [6.07, 6.45) is 2.26. The molecule has 0 spiro atoms. The molecule has 1 aromatic carbocycles. The van der Waals surface area contributed by atoms with Gasteiger partial charge in [0.05, 0.1) is 6.61 Å². The highest BCUT2D eigenvalue weighted by Crippen LogP contribution is 2.14. The van der Waals surface area contributed by atoms with Gasteiger partial charge in [0.15, 0.2) is 0 Å². The van der Waals surface area contributed by atoms with Gasteiger partial charge in [0, 0.05) is 25.4 Å². The number of rotatable bonds is 5. The van der Waals surface area contributed by atoms with Crippen LogP contribution in [0, 0.1) is 0 Å². The van der Waals surface area contributed by atoms with Gasteiger partial charge < -0.3 is 17.7 Å². The molecule has 0 amide bonds. The molecule has 0 unspecified atom stereocenters. The van der Waals surface area contributed by atoms with Crippen LogP contribution in [-0.2, 0) is 13.5 Å². The van der Waals surface area contributed by atoms with Crippen molar-refractivity contribution in [3.63, 3.8) is 0 Å². The van der Waals surface area contributed by atoms with E-state index >= 15 is 0 Å². The van der Waals surface area contributed by atoms with Crippen LogP contribution in [0.5, 0.6) is 5.75 Å². The van der Waals surface area contributed by atoms with E-state index in [1.54, 1.807) is 10.9 Å². The number of halogens is 3. The highest BCUT2D eigenvalue weighted by atomic mass is 19.4. The molecule has 0 saturated heterocycles. The van der Waals surface area contributed by atoms with Crippen LogP contribution in [0.15, 0.2) is 36.5 Å². The highest BCUT2D eigenvalue weighted by molar-refractivity contribution is 6.73. The van der Waals surface area contributed by atoms with Crippen LogP contribution in [-0.4, -0.2) is 23.4 Å². The topological polar surface area (TPSA) is 27.1 Å². The third-order valence-corrected chi connectivity index (χ3v) is 2.79. The summed E-state index contributed by atoms with van der Waals surface area (Å²) in [5.41, 5.74) is 0.328. The first-order chi connectivity index (χ1) is 8.97. The number of hydrogen-bond acceptors (Lipinski definition) is 2. The summed E-state index contributed by atoms with van der Waals surface area (Å²) in [5, 5.41) is 4.00. The molecule has 0 saturated carbocycles. The molecule has 0 fully saturated rings. The minimum Gasteiger partial charge on any atom is -0.493 e. The molecule has 0 aliphatic carbocycles. The van der Waals surface area contributed by atoms with Crippen molar-refractivity contribution in [1.82, 2.24) is 9.78 Å². The summed E-state index contributed by atoms with van der Waals surface area (Å²) in [6.45, 7) is -4.67. The normalized spacial score (nSPS) is 11.6. The molecule has 0 N–H and O–H groups in total. The summed E-state index contributed by atoms with van der Waals surface area (Å²) in [6, 6.07) is 6.80. The molecule has 1 aromatic heterocycles. The molecule has 0 atom stereocenters. The number of ether oxygens (including phenoxy) is 1. The Morgan fingerprint density at radius 3 is 2.68 bits per heavy atom. The first-order valence-electron chi connectivity index (χ1n) is 5.86. The maximum atomic E-state index is 12.6. The Labute approximate surface area is 109 Å². The summed E-state index contributed by atoms with van der Waals surface area (Å²) < 4.78 is 44.7. The summed E-state index contributed by atoms with van der Waals surface area (Å²) in [5.74, 6) is 0.235. The predicted octanol–water partition coefficient (Wildman–Crippen LogP) is 2.10. The van der Waals surface area contributed by atoms with Crippen LogP contribution >= 0.6 is 0 Å². The van der Waals surface area contributed by atoms with Crippen molar-refractivity contribution in [2.75, 3.05) is 6.61 Å². The summed E-state index contributed by atoms with van der Waals surface area (Å²) in [7, 11) is 1.81. The van der Waals surface area contributed by atoms with E-state index in [-0.39, 0.29) is 5.75 Å². The van der Waals surface area contributed by atoms with Crippen LogP contribution in [0.1, 0.15) is 5.69 Å². The van der Waals surface area contributed by atoms with Gasteiger partial charge in [0.1, 0.15) is 5.75 Å². The van der Waals surface area contributed by atoms with E-state index in [0.717, 1.165) is 17.8 Å². The smallest absolute Gasteiger partial charge is 0.493 e. The average molecular weight is 269 g/mol. The Balaban J connectivity index is 1.95. The summed E-state index contributed by atoms with van der Waals surface area (Å²) >= 11 is 0. The van der Waals surface area contributed by atoms with Gasteiger partial charge in [-0.3, -0.25) is 4.68 Å². The average Bonchev–Trinajstić information content (AvgIpc) is 2.75. The number of nitrogens with zero attached hydrogens (tertiary/aromatic N) is 2. The predicted molar refractivity (Wildman–Crippen MR) is 67.6 cm³/mol. The zero-order valence-corrected chi connectivity index (χ0v) is 10.4. The quantitative estimate of drug-likeness (QED) is 0.777. The molecule has 0 radical (unpaired) electrons. The van der Waals surface area contributed by atoms with Gasteiger partial charge in [-0.25, -0.2) is 0 Å². The Hall–Kier alpha value is -1.92. The van der Waals surface area contributed by atoms with Gasteiger partial charge in [-0.05, 0) is 18.2 Å². The van der Waals surface area contributed by atoms with E-state index in [2.05, 4.69) is 5.10 Å². The second-order valence-electron chi connectivity index (χ2n) is 4.19. The summed E-state index contributed by atoms with van der Waals surface area (Å²) in [4.78, 5) is 0. The van der Waals surface area contributed by atoms with Crippen LogP contribution in [0.25, 0.3) is 0 Å². The number of hydrogen-bond donors (Lipinski definition) is 0. The van der Waals surface area contributed by atoms with E-state index in [1.165, 1.54) is 12.1 Å². The third kappa shape index (κ3) is 3.53. The molecule has 2 aromatic rings. The third-order valence-electron chi connectivity index (χ3n) is 2.79. The Kier molecular flexibility index (Phi) is 3.83. The number of aryl methyl sites for hydroxylation is 1. The lowest BCUT2D eigenvalue weighted by molar-refractivity contribution is 0.318. The fourth-order valence-corrected chi connectivity index (χ4v) is 1.73. The van der Waals surface area contributed by atoms with Gasteiger partial charge in [-0.1, -0.05) is 12.1 Å². The zero-order chi connectivity index (χ0) is 13.9. The van der Waals surface area contributed by atoms with Crippen LogP contribution in [0.4, 0.5) is 12.9 Å². The second kappa shape index (κ2) is 5.38. The first-order valence-corrected chi connectivity index (χ1v) is 5.86.